The van der Waals surface area contributed by atoms with Crippen LogP contribution >= 0.6 is 0 Å². The van der Waals surface area contributed by atoms with Crippen LogP contribution in [0.3, 0.4) is 0 Å². The minimum absolute atomic E-state index is 0.396. The molecule has 19 heavy (non-hydrogen) atoms. The van der Waals surface area contributed by atoms with E-state index in [0.29, 0.717) is 12.5 Å². The van der Waals surface area contributed by atoms with Gasteiger partial charge in [0.1, 0.15) is 5.82 Å². The Morgan fingerprint density at radius 1 is 1.32 bits per heavy atom. The first kappa shape index (κ1) is 13.3. The van der Waals surface area contributed by atoms with E-state index in [-0.39, 0.29) is 0 Å². The molecule has 0 aliphatic rings. The van der Waals surface area contributed by atoms with E-state index in [1.165, 1.54) is 5.56 Å². The fourth-order valence-electron chi connectivity index (χ4n) is 1.94. The summed E-state index contributed by atoms with van der Waals surface area (Å²) in [6.07, 6.45) is 1.73. The predicted molar refractivity (Wildman–Crippen MR) is 74.6 cm³/mol. The second kappa shape index (κ2) is 5.23. The van der Waals surface area contributed by atoms with Crippen molar-refractivity contribution in [1.29, 1.82) is 0 Å². The summed E-state index contributed by atoms with van der Waals surface area (Å²) in [5, 5.41) is 7.69. The Hall–Kier alpha value is -2.15. The highest BCUT2D eigenvalue weighted by molar-refractivity contribution is 5.47. The molecule has 2 rings (SSSR count). The molecule has 7 nitrogen and oxygen atoms in total. The molecule has 0 saturated carbocycles. The Kier molecular flexibility index (Phi) is 3.66. The van der Waals surface area contributed by atoms with Crippen molar-refractivity contribution in [2.45, 2.75) is 27.3 Å². The number of hydrogen-bond acceptors (Lipinski definition) is 6. The predicted octanol–water partition coefficient (Wildman–Crippen LogP) is 1.03. The maximum atomic E-state index is 5.31. The molecule has 0 unspecified atom stereocenters. The van der Waals surface area contributed by atoms with Crippen molar-refractivity contribution in [3.05, 3.63) is 28.7 Å². The van der Waals surface area contributed by atoms with E-state index in [1.807, 2.05) is 25.6 Å². The molecule has 2 aromatic rings. The van der Waals surface area contributed by atoms with Gasteiger partial charge in [-0.15, -0.1) is 0 Å². The van der Waals surface area contributed by atoms with Crippen molar-refractivity contribution in [1.82, 2.24) is 19.7 Å². The monoisotopic (exact) mass is 261 g/mol. The lowest BCUT2D eigenvalue weighted by Crippen LogP contribution is -2.13. The minimum Gasteiger partial charge on any atom is -0.365 e. The first-order valence-electron chi connectivity index (χ1n) is 6.06. The van der Waals surface area contributed by atoms with Gasteiger partial charge in [0.25, 0.3) is 0 Å². The van der Waals surface area contributed by atoms with E-state index >= 15 is 0 Å². The zero-order chi connectivity index (χ0) is 14.0. The van der Waals surface area contributed by atoms with Gasteiger partial charge in [-0.25, -0.2) is 10.8 Å². The highest BCUT2D eigenvalue weighted by Crippen LogP contribution is 2.16. The number of rotatable bonds is 4. The van der Waals surface area contributed by atoms with Crippen LogP contribution in [0.15, 0.2) is 6.20 Å². The van der Waals surface area contributed by atoms with Gasteiger partial charge in [-0.2, -0.15) is 10.1 Å². The van der Waals surface area contributed by atoms with Crippen LogP contribution in [0.25, 0.3) is 0 Å². The number of nitrogens with zero attached hydrogens (tertiary/aromatic N) is 4. The lowest BCUT2D eigenvalue weighted by atomic mass is 10.2. The van der Waals surface area contributed by atoms with Gasteiger partial charge >= 0.3 is 0 Å². The molecule has 0 aromatic carbocycles. The minimum atomic E-state index is 0.396. The zero-order valence-electron chi connectivity index (χ0n) is 11.7. The van der Waals surface area contributed by atoms with Gasteiger partial charge in [0.2, 0.25) is 5.95 Å². The van der Waals surface area contributed by atoms with Gasteiger partial charge in [0.15, 0.2) is 0 Å². The SMILES string of the molecule is Cc1cnc(NN)nc1NCc1c(C)nn(C)c1C. The first-order chi connectivity index (χ1) is 9.02. The molecule has 0 spiro atoms. The third-order valence-corrected chi connectivity index (χ3v) is 3.19. The van der Waals surface area contributed by atoms with Crippen LogP contribution in [0.1, 0.15) is 22.5 Å². The lowest BCUT2D eigenvalue weighted by molar-refractivity contribution is 0.730. The number of hydrogen-bond donors (Lipinski definition) is 3. The van der Waals surface area contributed by atoms with E-state index < -0.39 is 0 Å². The zero-order valence-corrected chi connectivity index (χ0v) is 11.7. The number of nitrogens with two attached hydrogens (primary N) is 1. The number of anilines is 2. The summed E-state index contributed by atoms with van der Waals surface area (Å²) in [5.74, 6) is 6.48. The van der Waals surface area contributed by atoms with E-state index in [2.05, 4.69) is 32.7 Å². The fraction of sp³-hybridized carbons (Fsp3) is 0.417. The van der Waals surface area contributed by atoms with E-state index in [9.17, 15) is 0 Å². The Morgan fingerprint density at radius 3 is 2.63 bits per heavy atom. The summed E-state index contributed by atoms with van der Waals surface area (Å²) in [5.41, 5.74) is 6.77. The van der Waals surface area contributed by atoms with Crippen LogP contribution in [-0.4, -0.2) is 19.7 Å². The van der Waals surface area contributed by atoms with Crippen molar-refractivity contribution in [3.8, 4) is 0 Å². The normalized spacial score (nSPS) is 10.6. The molecule has 0 aliphatic heterocycles. The molecular weight excluding hydrogens is 242 g/mol. The Balaban J connectivity index is 2.18. The van der Waals surface area contributed by atoms with E-state index in [0.717, 1.165) is 22.8 Å². The summed E-state index contributed by atoms with van der Waals surface area (Å²) >= 11 is 0. The largest absolute Gasteiger partial charge is 0.365 e. The van der Waals surface area contributed by atoms with Crippen molar-refractivity contribution in [2.75, 3.05) is 10.7 Å². The van der Waals surface area contributed by atoms with Gasteiger partial charge < -0.3 is 5.32 Å². The third kappa shape index (κ3) is 2.65. The van der Waals surface area contributed by atoms with Crippen LogP contribution in [0.5, 0.6) is 0 Å². The van der Waals surface area contributed by atoms with Crippen molar-refractivity contribution < 1.29 is 0 Å². The van der Waals surface area contributed by atoms with Crippen LogP contribution < -0.4 is 16.6 Å². The smallest absolute Gasteiger partial charge is 0.239 e. The number of aryl methyl sites for hydroxylation is 3. The van der Waals surface area contributed by atoms with Gasteiger partial charge in [0.05, 0.1) is 5.69 Å². The maximum absolute atomic E-state index is 5.31. The second-order valence-corrected chi connectivity index (χ2v) is 4.50. The molecule has 2 heterocycles. The molecule has 2 aromatic heterocycles. The maximum Gasteiger partial charge on any atom is 0.239 e. The molecule has 0 atom stereocenters. The summed E-state index contributed by atoms with van der Waals surface area (Å²) < 4.78 is 1.88. The second-order valence-electron chi connectivity index (χ2n) is 4.50. The van der Waals surface area contributed by atoms with Gasteiger partial charge in [-0.1, -0.05) is 0 Å². The quantitative estimate of drug-likeness (QED) is 0.562. The molecular formula is C12H19N7. The molecule has 0 amide bonds. The van der Waals surface area contributed by atoms with Gasteiger partial charge in [0, 0.05) is 36.6 Å². The number of nitrogen functional groups attached to an aromatic ring is 1. The van der Waals surface area contributed by atoms with Gasteiger partial charge in [-0.3, -0.25) is 10.1 Å². The number of hydrazine groups is 1. The number of nitrogens with one attached hydrogen (secondary N) is 2. The molecule has 4 N–H and O–H groups in total. The van der Waals surface area contributed by atoms with Crippen LogP contribution in [-0.2, 0) is 13.6 Å². The Labute approximate surface area is 112 Å². The standard InChI is InChI=1S/C12H19N7/c1-7-5-15-12(17-13)16-11(7)14-6-10-8(2)18-19(4)9(10)3/h5H,6,13H2,1-4H3,(H2,14,15,16,17). The van der Waals surface area contributed by atoms with E-state index in [4.69, 9.17) is 5.84 Å². The van der Waals surface area contributed by atoms with Gasteiger partial charge in [-0.05, 0) is 20.8 Å². The van der Waals surface area contributed by atoms with Crippen LogP contribution in [0.2, 0.25) is 0 Å². The third-order valence-electron chi connectivity index (χ3n) is 3.19. The molecule has 0 radical (unpaired) electrons. The summed E-state index contributed by atoms with van der Waals surface area (Å²) in [6.45, 7) is 6.68. The molecule has 0 aliphatic carbocycles. The summed E-state index contributed by atoms with van der Waals surface area (Å²) in [6, 6.07) is 0. The molecule has 0 fully saturated rings. The highest BCUT2D eigenvalue weighted by Gasteiger charge is 2.10. The van der Waals surface area contributed by atoms with Crippen molar-refractivity contribution >= 4 is 11.8 Å². The molecule has 0 bridgehead atoms. The highest BCUT2D eigenvalue weighted by atomic mass is 15.3. The first-order valence-corrected chi connectivity index (χ1v) is 6.06. The molecule has 0 saturated heterocycles. The average molecular weight is 261 g/mol. The topological polar surface area (TPSA) is 93.7 Å². The lowest BCUT2D eigenvalue weighted by Gasteiger charge is -2.10. The Bertz CT molecular complexity index is 588. The van der Waals surface area contributed by atoms with Crippen molar-refractivity contribution in [2.24, 2.45) is 12.9 Å². The van der Waals surface area contributed by atoms with Crippen molar-refractivity contribution in [3.63, 3.8) is 0 Å². The van der Waals surface area contributed by atoms with E-state index in [1.54, 1.807) is 6.20 Å². The fourth-order valence-corrected chi connectivity index (χ4v) is 1.94. The van der Waals surface area contributed by atoms with Crippen LogP contribution in [0.4, 0.5) is 11.8 Å². The average Bonchev–Trinajstić information content (AvgIpc) is 2.63. The summed E-state index contributed by atoms with van der Waals surface area (Å²) in [7, 11) is 1.94. The summed E-state index contributed by atoms with van der Waals surface area (Å²) in [4.78, 5) is 8.33. The molecule has 7 heteroatoms. The van der Waals surface area contributed by atoms with Crippen LogP contribution in [0, 0.1) is 20.8 Å². The number of aromatic nitrogens is 4. The Morgan fingerprint density at radius 2 is 2.05 bits per heavy atom. The molecule has 102 valence electrons.